The van der Waals surface area contributed by atoms with Gasteiger partial charge in [0, 0.05) is 44.4 Å². The van der Waals surface area contributed by atoms with Gasteiger partial charge in [-0.2, -0.15) is 0 Å². The number of aliphatic carboxylic acids is 1. The van der Waals surface area contributed by atoms with Crippen molar-refractivity contribution in [1.29, 1.82) is 0 Å². The van der Waals surface area contributed by atoms with Crippen molar-refractivity contribution in [2.45, 2.75) is 25.3 Å². The Bertz CT molecular complexity index is 706. The van der Waals surface area contributed by atoms with Gasteiger partial charge in [0.25, 0.3) is 5.91 Å². The van der Waals surface area contributed by atoms with Gasteiger partial charge in [-0.3, -0.25) is 9.59 Å². The Labute approximate surface area is 133 Å². The van der Waals surface area contributed by atoms with Crippen LogP contribution in [0.25, 0.3) is 5.65 Å². The zero-order valence-electron chi connectivity index (χ0n) is 12.7. The Morgan fingerprint density at radius 3 is 2.87 bits per heavy atom. The van der Waals surface area contributed by atoms with Gasteiger partial charge in [0.2, 0.25) is 0 Å². The van der Waals surface area contributed by atoms with E-state index < -0.39 is 5.97 Å². The molecule has 1 saturated heterocycles. The highest BCUT2D eigenvalue weighted by Crippen LogP contribution is 2.18. The number of imidazole rings is 1. The molecule has 122 valence electrons. The summed E-state index contributed by atoms with van der Waals surface area (Å²) in [5.41, 5.74) is 1.30. The number of aromatic nitrogens is 2. The highest BCUT2D eigenvalue weighted by Gasteiger charge is 2.27. The molecule has 23 heavy (non-hydrogen) atoms. The lowest BCUT2D eigenvalue weighted by atomic mass is 10.1. The second-order valence-electron chi connectivity index (χ2n) is 5.60. The number of amides is 1. The van der Waals surface area contributed by atoms with E-state index in [1.54, 1.807) is 40.0 Å². The molecular weight excluding hydrogens is 298 g/mol. The van der Waals surface area contributed by atoms with Crippen LogP contribution in [0.15, 0.2) is 30.7 Å². The maximum atomic E-state index is 12.9. The number of nitrogens with zero attached hydrogens (tertiary/aromatic N) is 3. The molecule has 0 spiro atoms. The van der Waals surface area contributed by atoms with Crippen LogP contribution in [0, 0.1) is 0 Å². The molecule has 0 aromatic carbocycles. The molecule has 1 fully saturated rings. The van der Waals surface area contributed by atoms with E-state index in [0.717, 1.165) is 18.5 Å². The van der Waals surface area contributed by atoms with Crippen LogP contribution in [-0.4, -0.2) is 57.1 Å². The third-order valence-electron chi connectivity index (χ3n) is 4.09. The summed E-state index contributed by atoms with van der Waals surface area (Å²) in [6.45, 7) is 1.41. The molecule has 0 saturated carbocycles. The molecule has 0 aliphatic carbocycles. The van der Waals surface area contributed by atoms with Gasteiger partial charge in [-0.05, 0) is 25.0 Å². The number of carbonyl (C=O) groups is 2. The monoisotopic (exact) mass is 317 g/mol. The van der Waals surface area contributed by atoms with E-state index in [1.807, 2.05) is 0 Å². The van der Waals surface area contributed by atoms with E-state index in [4.69, 9.17) is 9.84 Å². The summed E-state index contributed by atoms with van der Waals surface area (Å²) in [5.74, 6) is -1.05. The van der Waals surface area contributed by atoms with Crippen LogP contribution in [0.4, 0.5) is 0 Å². The van der Waals surface area contributed by atoms with Crippen LogP contribution in [-0.2, 0) is 9.53 Å². The second-order valence-corrected chi connectivity index (χ2v) is 5.60. The predicted octanol–water partition coefficient (Wildman–Crippen LogP) is 1.43. The number of hydrogen-bond acceptors (Lipinski definition) is 4. The van der Waals surface area contributed by atoms with Crippen LogP contribution < -0.4 is 0 Å². The van der Waals surface area contributed by atoms with Crippen LogP contribution in [0.1, 0.15) is 29.6 Å². The van der Waals surface area contributed by atoms with Crippen molar-refractivity contribution >= 4 is 17.5 Å². The van der Waals surface area contributed by atoms with E-state index in [2.05, 4.69) is 4.98 Å². The fourth-order valence-electron chi connectivity index (χ4n) is 2.88. The maximum absolute atomic E-state index is 12.9. The highest BCUT2D eigenvalue weighted by molar-refractivity contribution is 5.94. The zero-order chi connectivity index (χ0) is 16.2. The normalized spacial score (nSPS) is 15.7. The summed E-state index contributed by atoms with van der Waals surface area (Å²) in [5, 5.41) is 8.95. The molecule has 1 N–H and O–H groups in total. The third-order valence-corrected chi connectivity index (χ3v) is 4.09. The minimum Gasteiger partial charge on any atom is -0.481 e. The molecule has 1 aliphatic heterocycles. The first-order valence-corrected chi connectivity index (χ1v) is 7.68. The van der Waals surface area contributed by atoms with Crippen molar-refractivity contribution in [3.05, 3.63) is 36.3 Å². The number of fused-ring (bicyclic) bond motifs is 1. The van der Waals surface area contributed by atoms with E-state index in [-0.39, 0.29) is 24.9 Å². The SMILES string of the molecule is O=C(O)CCN(C(=O)c1ccc2nccn2c1)C1CCOCC1. The van der Waals surface area contributed by atoms with Gasteiger partial charge in [0.1, 0.15) is 5.65 Å². The quantitative estimate of drug-likeness (QED) is 0.902. The summed E-state index contributed by atoms with van der Waals surface area (Å²) >= 11 is 0. The van der Waals surface area contributed by atoms with Gasteiger partial charge in [0.15, 0.2) is 0 Å². The first-order chi connectivity index (χ1) is 11.1. The predicted molar refractivity (Wildman–Crippen MR) is 82.3 cm³/mol. The van der Waals surface area contributed by atoms with E-state index >= 15 is 0 Å². The fourth-order valence-corrected chi connectivity index (χ4v) is 2.88. The molecule has 0 radical (unpaired) electrons. The Kier molecular flexibility index (Phi) is 4.57. The van der Waals surface area contributed by atoms with Crippen molar-refractivity contribution in [2.24, 2.45) is 0 Å². The molecule has 3 rings (SSSR count). The van der Waals surface area contributed by atoms with Crippen molar-refractivity contribution in [3.8, 4) is 0 Å². The summed E-state index contributed by atoms with van der Waals surface area (Å²) < 4.78 is 7.13. The van der Waals surface area contributed by atoms with E-state index in [0.29, 0.717) is 18.8 Å². The van der Waals surface area contributed by atoms with Crippen molar-refractivity contribution in [1.82, 2.24) is 14.3 Å². The fraction of sp³-hybridized carbons (Fsp3) is 0.438. The van der Waals surface area contributed by atoms with Crippen molar-refractivity contribution in [3.63, 3.8) is 0 Å². The minimum absolute atomic E-state index is 0.0223. The van der Waals surface area contributed by atoms with Crippen LogP contribution in [0.3, 0.4) is 0 Å². The topological polar surface area (TPSA) is 84.1 Å². The summed E-state index contributed by atoms with van der Waals surface area (Å²) in [6, 6.07) is 3.54. The Morgan fingerprint density at radius 1 is 1.35 bits per heavy atom. The molecule has 0 atom stereocenters. The molecule has 7 heteroatoms. The zero-order valence-corrected chi connectivity index (χ0v) is 12.7. The standard InChI is InChI=1S/C16H19N3O4/c20-15(21)3-7-19(13-4-9-23-10-5-13)16(22)12-1-2-14-17-6-8-18(14)11-12/h1-2,6,8,11,13H,3-5,7,9-10H2,(H,20,21). The first kappa shape index (κ1) is 15.5. The molecule has 2 aromatic heterocycles. The smallest absolute Gasteiger partial charge is 0.305 e. The minimum atomic E-state index is -0.903. The Hall–Kier alpha value is -2.41. The molecule has 0 unspecified atom stereocenters. The average molecular weight is 317 g/mol. The van der Waals surface area contributed by atoms with Gasteiger partial charge in [-0.25, -0.2) is 4.98 Å². The first-order valence-electron chi connectivity index (χ1n) is 7.68. The number of hydrogen-bond donors (Lipinski definition) is 1. The number of rotatable bonds is 5. The number of carbonyl (C=O) groups excluding carboxylic acids is 1. The number of pyridine rings is 1. The largest absolute Gasteiger partial charge is 0.481 e. The van der Waals surface area contributed by atoms with Gasteiger partial charge < -0.3 is 19.1 Å². The lowest BCUT2D eigenvalue weighted by Gasteiger charge is -2.34. The second kappa shape index (κ2) is 6.78. The summed E-state index contributed by atoms with van der Waals surface area (Å²) in [6.07, 6.45) is 6.60. The van der Waals surface area contributed by atoms with Gasteiger partial charge >= 0.3 is 5.97 Å². The highest BCUT2D eigenvalue weighted by atomic mass is 16.5. The van der Waals surface area contributed by atoms with Crippen LogP contribution >= 0.6 is 0 Å². The third kappa shape index (κ3) is 3.50. The maximum Gasteiger partial charge on any atom is 0.305 e. The molecule has 1 aliphatic rings. The van der Waals surface area contributed by atoms with Crippen molar-refractivity contribution < 1.29 is 19.4 Å². The average Bonchev–Trinajstić information content (AvgIpc) is 3.03. The van der Waals surface area contributed by atoms with Gasteiger partial charge in [-0.1, -0.05) is 0 Å². The Morgan fingerprint density at radius 2 is 2.13 bits per heavy atom. The summed E-state index contributed by atoms with van der Waals surface area (Å²) in [4.78, 5) is 29.6. The molecule has 0 bridgehead atoms. The Balaban J connectivity index is 1.83. The molecule has 2 aromatic rings. The van der Waals surface area contributed by atoms with Crippen LogP contribution in [0.5, 0.6) is 0 Å². The number of carboxylic acid groups (broad SMARTS) is 1. The van der Waals surface area contributed by atoms with Gasteiger partial charge in [-0.15, -0.1) is 0 Å². The lowest BCUT2D eigenvalue weighted by molar-refractivity contribution is -0.137. The molecular formula is C16H19N3O4. The van der Waals surface area contributed by atoms with E-state index in [9.17, 15) is 9.59 Å². The van der Waals surface area contributed by atoms with E-state index in [1.165, 1.54) is 0 Å². The molecule has 1 amide bonds. The number of ether oxygens (including phenoxy) is 1. The van der Waals surface area contributed by atoms with Crippen LogP contribution in [0.2, 0.25) is 0 Å². The lowest BCUT2D eigenvalue weighted by Crippen LogP contribution is -2.44. The summed E-state index contributed by atoms with van der Waals surface area (Å²) in [7, 11) is 0. The number of carboxylic acids is 1. The van der Waals surface area contributed by atoms with Crippen molar-refractivity contribution in [2.75, 3.05) is 19.8 Å². The molecule has 7 nitrogen and oxygen atoms in total. The van der Waals surface area contributed by atoms with Gasteiger partial charge in [0.05, 0.1) is 12.0 Å². The molecule has 3 heterocycles.